The van der Waals surface area contributed by atoms with Gasteiger partial charge in [0.25, 0.3) is 11.8 Å². The van der Waals surface area contributed by atoms with Crippen LogP contribution in [0.2, 0.25) is 0 Å². The minimum atomic E-state index is -0.584. The molecular weight excluding hydrogens is 391 g/mol. The summed E-state index contributed by atoms with van der Waals surface area (Å²) < 4.78 is 18.2. The molecule has 2 aromatic rings. The van der Waals surface area contributed by atoms with Gasteiger partial charge in [-0.15, -0.1) is 0 Å². The van der Waals surface area contributed by atoms with E-state index in [0.29, 0.717) is 10.5 Å². The molecular formula is C18H13FN2O4S2. The topological polar surface area (TPSA) is 78.9 Å². The summed E-state index contributed by atoms with van der Waals surface area (Å²) >= 11 is 6.18. The molecule has 2 amide bonds. The molecule has 0 bridgehead atoms. The molecule has 0 radical (unpaired) electrons. The molecule has 138 valence electrons. The van der Waals surface area contributed by atoms with Gasteiger partial charge in [0.15, 0.2) is 15.8 Å². The third kappa shape index (κ3) is 4.09. The second-order valence-electron chi connectivity index (χ2n) is 5.40. The number of benzene rings is 2. The smallest absolute Gasteiger partial charge is 0.285 e. The molecule has 3 rings (SSSR count). The van der Waals surface area contributed by atoms with Crippen LogP contribution in [0, 0.1) is 5.82 Å². The number of hydrazine groups is 1. The Bertz CT molecular complexity index is 960. The van der Waals surface area contributed by atoms with Crippen molar-refractivity contribution in [1.29, 1.82) is 0 Å². The third-order valence-electron chi connectivity index (χ3n) is 3.62. The lowest BCUT2D eigenvalue weighted by Crippen LogP contribution is -2.44. The number of thiocarbonyl (C=S) groups is 1. The number of carbonyl (C=O) groups excluding carboxylic acids is 2. The summed E-state index contributed by atoms with van der Waals surface area (Å²) in [6.07, 6.45) is 1.57. The first-order valence-electron chi connectivity index (χ1n) is 7.60. The van der Waals surface area contributed by atoms with Crippen LogP contribution in [0.1, 0.15) is 15.9 Å². The highest BCUT2D eigenvalue weighted by atomic mass is 32.2. The van der Waals surface area contributed by atoms with Crippen molar-refractivity contribution in [3.63, 3.8) is 0 Å². The first-order valence-corrected chi connectivity index (χ1v) is 8.83. The van der Waals surface area contributed by atoms with Gasteiger partial charge in [0.1, 0.15) is 5.82 Å². The summed E-state index contributed by atoms with van der Waals surface area (Å²) in [5.41, 5.74) is 3.23. The number of ether oxygens (including phenoxy) is 1. The largest absolute Gasteiger partial charge is 0.504 e. The first kappa shape index (κ1) is 18.9. The lowest BCUT2D eigenvalue weighted by Gasteiger charge is -2.15. The van der Waals surface area contributed by atoms with Crippen LogP contribution in [0.25, 0.3) is 6.08 Å². The fraction of sp³-hybridized carbons (Fsp3) is 0.0556. The normalized spacial score (nSPS) is 15.3. The summed E-state index contributed by atoms with van der Waals surface area (Å²) in [5.74, 6) is -1.30. The van der Waals surface area contributed by atoms with Crippen LogP contribution in [-0.2, 0) is 4.79 Å². The minimum Gasteiger partial charge on any atom is -0.504 e. The quantitative estimate of drug-likeness (QED) is 0.602. The number of rotatable bonds is 4. The summed E-state index contributed by atoms with van der Waals surface area (Å²) in [5, 5.41) is 10.6. The zero-order valence-corrected chi connectivity index (χ0v) is 15.6. The average molecular weight is 404 g/mol. The number of amides is 2. The van der Waals surface area contributed by atoms with Crippen LogP contribution >= 0.6 is 24.0 Å². The molecule has 1 heterocycles. The maximum atomic E-state index is 13.0. The Morgan fingerprint density at radius 2 is 2.00 bits per heavy atom. The number of nitrogens with zero attached hydrogens (tertiary/aromatic N) is 1. The molecule has 1 saturated heterocycles. The minimum absolute atomic E-state index is 0.0197. The molecule has 6 nitrogen and oxygen atoms in total. The van der Waals surface area contributed by atoms with E-state index in [2.05, 4.69) is 5.43 Å². The Morgan fingerprint density at radius 3 is 2.67 bits per heavy atom. The van der Waals surface area contributed by atoms with E-state index in [1.54, 1.807) is 18.2 Å². The van der Waals surface area contributed by atoms with Crippen LogP contribution in [0.3, 0.4) is 0 Å². The molecule has 0 spiro atoms. The highest BCUT2D eigenvalue weighted by Gasteiger charge is 2.33. The predicted octanol–water partition coefficient (Wildman–Crippen LogP) is 3.09. The first-order chi connectivity index (χ1) is 12.9. The van der Waals surface area contributed by atoms with Gasteiger partial charge in [-0.1, -0.05) is 17.8 Å². The van der Waals surface area contributed by atoms with Crippen molar-refractivity contribution in [2.45, 2.75) is 0 Å². The van der Waals surface area contributed by atoms with Crippen molar-refractivity contribution in [2.75, 3.05) is 7.11 Å². The molecule has 9 heteroatoms. The van der Waals surface area contributed by atoms with E-state index in [9.17, 15) is 19.1 Å². The molecule has 0 atom stereocenters. The van der Waals surface area contributed by atoms with Crippen molar-refractivity contribution in [1.82, 2.24) is 10.4 Å². The van der Waals surface area contributed by atoms with Gasteiger partial charge in [0.05, 0.1) is 12.0 Å². The second-order valence-corrected chi connectivity index (χ2v) is 7.07. The maximum absolute atomic E-state index is 13.0. The van der Waals surface area contributed by atoms with E-state index in [-0.39, 0.29) is 21.4 Å². The number of carbonyl (C=O) groups is 2. The van der Waals surface area contributed by atoms with Gasteiger partial charge in [-0.3, -0.25) is 15.0 Å². The summed E-state index contributed by atoms with van der Waals surface area (Å²) in [6.45, 7) is 0. The molecule has 27 heavy (non-hydrogen) atoms. The van der Waals surface area contributed by atoms with Crippen LogP contribution in [0.4, 0.5) is 4.39 Å². The van der Waals surface area contributed by atoms with Gasteiger partial charge in [0, 0.05) is 5.56 Å². The Hall–Kier alpha value is -2.91. The van der Waals surface area contributed by atoms with E-state index in [0.717, 1.165) is 28.9 Å². The zero-order chi connectivity index (χ0) is 19.6. The summed E-state index contributed by atoms with van der Waals surface area (Å²) in [7, 11) is 1.42. The van der Waals surface area contributed by atoms with Gasteiger partial charge < -0.3 is 9.84 Å². The van der Waals surface area contributed by atoms with Crippen LogP contribution in [0.15, 0.2) is 47.4 Å². The number of hydrogen-bond donors (Lipinski definition) is 2. The highest BCUT2D eigenvalue weighted by molar-refractivity contribution is 8.26. The van der Waals surface area contributed by atoms with Gasteiger partial charge in [0.2, 0.25) is 0 Å². The molecule has 2 N–H and O–H groups in total. The number of aromatic hydroxyl groups is 1. The SMILES string of the molecule is COc1cc(/C=C2/SC(=S)N(NC(=O)c3ccc(F)cc3)C2=O)ccc1O. The second kappa shape index (κ2) is 7.77. The van der Waals surface area contributed by atoms with E-state index in [4.69, 9.17) is 17.0 Å². The lowest BCUT2D eigenvalue weighted by molar-refractivity contribution is -0.123. The molecule has 0 unspecified atom stereocenters. The Labute approximate surface area is 163 Å². The Kier molecular flexibility index (Phi) is 5.43. The molecule has 2 aromatic carbocycles. The number of halogens is 1. The van der Waals surface area contributed by atoms with Crippen LogP contribution in [-0.4, -0.2) is 33.4 Å². The van der Waals surface area contributed by atoms with Crippen LogP contribution < -0.4 is 10.2 Å². The van der Waals surface area contributed by atoms with Gasteiger partial charge in [-0.25, -0.2) is 4.39 Å². The molecule has 1 aliphatic rings. The zero-order valence-electron chi connectivity index (χ0n) is 13.9. The number of hydrogen-bond acceptors (Lipinski definition) is 6. The average Bonchev–Trinajstić information content (AvgIpc) is 2.91. The van der Waals surface area contributed by atoms with Crippen molar-refractivity contribution in [3.8, 4) is 11.5 Å². The number of thioether (sulfide) groups is 1. The van der Waals surface area contributed by atoms with Crippen molar-refractivity contribution >= 4 is 46.2 Å². The van der Waals surface area contributed by atoms with E-state index in [1.807, 2.05) is 0 Å². The molecule has 0 aliphatic carbocycles. The fourth-order valence-electron chi connectivity index (χ4n) is 2.27. The molecule has 1 aliphatic heterocycles. The lowest BCUT2D eigenvalue weighted by atomic mass is 10.2. The summed E-state index contributed by atoms with van der Waals surface area (Å²) in [4.78, 5) is 25.1. The maximum Gasteiger partial charge on any atom is 0.285 e. The van der Waals surface area contributed by atoms with Crippen LogP contribution in [0.5, 0.6) is 11.5 Å². The third-order valence-corrected chi connectivity index (χ3v) is 4.92. The van der Waals surface area contributed by atoms with E-state index >= 15 is 0 Å². The van der Waals surface area contributed by atoms with Crippen molar-refractivity contribution in [3.05, 3.63) is 64.3 Å². The molecule has 1 fully saturated rings. The van der Waals surface area contributed by atoms with Gasteiger partial charge in [-0.05, 0) is 60.3 Å². The summed E-state index contributed by atoms with van der Waals surface area (Å²) in [6, 6.07) is 9.54. The van der Waals surface area contributed by atoms with E-state index < -0.39 is 17.6 Å². The predicted molar refractivity (Wildman–Crippen MR) is 104 cm³/mol. The standard InChI is InChI=1S/C18H13FN2O4S2/c1-25-14-8-10(2-7-13(14)22)9-15-17(24)21(18(26)27-15)20-16(23)11-3-5-12(19)6-4-11/h2-9,22H,1H3,(H,20,23)/b15-9+. The fourth-order valence-corrected chi connectivity index (χ4v) is 3.45. The number of nitrogens with one attached hydrogen (secondary N) is 1. The van der Waals surface area contributed by atoms with E-state index in [1.165, 1.54) is 25.3 Å². The van der Waals surface area contributed by atoms with Gasteiger partial charge in [-0.2, -0.15) is 5.01 Å². The van der Waals surface area contributed by atoms with Crippen molar-refractivity contribution in [2.24, 2.45) is 0 Å². The number of methoxy groups -OCH3 is 1. The highest BCUT2D eigenvalue weighted by Crippen LogP contribution is 2.33. The Morgan fingerprint density at radius 1 is 1.30 bits per heavy atom. The van der Waals surface area contributed by atoms with Gasteiger partial charge >= 0.3 is 0 Å². The number of phenols is 1. The molecule has 0 aromatic heterocycles. The molecule has 0 saturated carbocycles. The van der Waals surface area contributed by atoms with Crippen molar-refractivity contribution < 1.29 is 23.8 Å². The Balaban J connectivity index is 1.78. The monoisotopic (exact) mass is 404 g/mol. The number of phenolic OH excluding ortho intramolecular Hbond substituents is 1.